The molecule has 0 saturated heterocycles. The lowest BCUT2D eigenvalue weighted by atomic mass is 9.95. The van der Waals surface area contributed by atoms with Crippen LogP contribution in [0.15, 0.2) is 30.3 Å². The predicted molar refractivity (Wildman–Crippen MR) is 91.4 cm³/mol. The van der Waals surface area contributed by atoms with Crippen molar-refractivity contribution in [3.05, 3.63) is 41.5 Å². The zero-order valence-electron chi connectivity index (χ0n) is 14.6. The van der Waals surface area contributed by atoms with Crippen molar-refractivity contribution in [2.24, 2.45) is 0 Å². The quantitative estimate of drug-likeness (QED) is 0.828. The van der Waals surface area contributed by atoms with Crippen molar-refractivity contribution in [2.45, 2.75) is 12.5 Å². The van der Waals surface area contributed by atoms with Gasteiger partial charge in [-0.3, -0.25) is 4.79 Å². The molecule has 6 heteroatoms. The van der Waals surface area contributed by atoms with Gasteiger partial charge < -0.3 is 23.7 Å². The molecule has 0 aliphatic carbocycles. The highest BCUT2D eigenvalue weighted by atomic mass is 16.5. The first kappa shape index (κ1) is 17.0. The van der Waals surface area contributed by atoms with Gasteiger partial charge in [0.05, 0.1) is 34.9 Å². The molecule has 0 N–H and O–H groups in total. The van der Waals surface area contributed by atoms with E-state index in [1.54, 1.807) is 39.5 Å². The summed E-state index contributed by atoms with van der Waals surface area (Å²) in [6, 6.07) is 8.79. The Labute approximate surface area is 146 Å². The lowest BCUT2D eigenvalue weighted by Gasteiger charge is -2.28. The molecule has 3 rings (SSSR count). The first-order valence-electron chi connectivity index (χ1n) is 7.79. The minimum atomic E-state index is -0.460. The van der Waals surface area contributed by atoms with Gasteiger partial charge in [0, 0.05) is 23.8 Å². The number of ketones is 1. The Morgan fingerprint density at radius 3 is 2.20 bits per heavy atom. The molecule has 6 nitrogen and oxygen atoms in total. The minimum absolute atomic E-state index is 0.0522. The Bertz CT molecular complexity index is 799. The number of Topliss-reactive ketones (excluding diaryl/α,β-unsaturated/α-hetero) is 1. The normalized spacial score (nSPS) is 15.8. The average Bonchev–Trinajstić information content (AvgIpc) is 2.65. The summed E-state index contributed by atoms with van der Waals surface area (Å²) in [5.41, 5.74) is 1.22. The number of carbonyl (C=O) groups is 1. The molecular weight excluding hydrogens is 324 g/mol. The van der Waals surface area contributed by atoms with Gasteiger partial charge in [0.1, 0.15) is 40.4 Å². The second-order valence-electron chi connectivity index (χ2n) is 5.54. The van der Waals surface area contributed by atoms with Crippen molar-refractivity contribution in [1.29, 1.82) is 0 Å². The van der Waals surface area contributed by atoms with Gasteiger partial charge in [0.15, 0.2) is 5.78 Å². The Morgan fingerprint density at radius 1 is 0.880 bits per heavy atom. The molecule has 0 saturated carbocycles. The molecule has 132 valence electrons. The van der Waals surface area contributed by atoms with Gasteiger partial charge in [-0.15, -0.1) is 0 Å². The maximum atomic E-state index is 12.7. The first-order chi connectivity index (χ1) is 12.1. The van der Waals surface area contributed by atoms with Crippen LogP contribution in [0.5, 0.6) is 28.7 Å². The van der Waals surface area contributed by atoms with Crippen LogP contribution in [0.4, 0.5) is 0 Å². The fourth-order valence-electron chi connectivity index (χ4n) is 2.94. The lowest BCUT2D eigenvalue weighted by Crippen LogP contribution is -2.21. The highest BCUT2D eigenvalue weighted by molar-refractivity contribution is 6.03. The van der Waals surface area contributed by atoms with E-state index in [1.807, 2.05) is 12.1 Å². The summed E-state index contributed by atoms with van der Waals surface area (Å²) in [6.45, 7) is 0. The molecule has 0 amide bonds. The topological polar surface area (TPSA) is 63.2 Å². The Balaban J connectivity index is 2.03. The van der Waals surface area contributed by atoms with Gasteiger partial charge in [-0.05, 0) is 12.1 Å². The zero-order valence-corrected chi connectivity index (χ0v) is 14.6. The Hall–Kier alpha value is -2.89. The van der Waals surface area contributed by atoms with Gasteiger partial charge in [0.2, 0.25) is 0 Å². The second kappa shape index (κ2) is 6.93. The third-order valence-electron chi connectivity index (χ3n) is 4.20. The van der Waals surface area contributed by atoms with E-state index < -0.39 is 6.10 Å². The largest absolute Gasteiger partial charge is 0.497 e. The molecule has 1 unspecified atom stereocenters. The second-order valence-corrected chi connectivity index (χ2v) is 5.54. The highest BCUT2D eigenvalue weighted by Crippen LogP contribution is 2.44. The van der Waals surface area contributed by atoms with Crippen LogP contribution in [0.2, 0.25) is 0 Å². The minimum Gasteiger partial charge on any atom is -0.497 e. The molecule has 1 atom stereocenters. The van der Waals surface area contributed by atoms with Crippen molar-refractivity contribution in [1.82, 2.24) is 0 Å². The Morgan fingerprint density at radius 2 is 1.56 bits per heavy atom. The van der Waals surface area contributed by atoms with E-state index in [1.165, 1.54) is 7.11 Å². The molecule has 1 aliphatic heterocycles. The van der Waals surface area contributed by atoms with Gasteiger partial charge in [-0.2, -0.15) is 0 Å². The number of hydrogen-bond acceptors (Lipinski definition) is 6. The van der Waals surface area contributed by atoms with Crippen LogP contribution in [-0.4, -0.2) is 34.2 Å². The summed E-state index contributed by atoms with van der Waals surface area (Å²) in [7, 11) is 6.23. The summed E-state index contributed by atoms with van der Waals surface area (Å²) < 4.78 is 27.3. The van der Waals surface area contributed by atoms with Crippen LogP contribution in [0.1, 0.15) is 28.4 Å². The monoisotopic (exact) mass is 344 g/mol. The van der Waals surface area contributed by atoms with E-state index in [2.05, 4.69) is 0 Å². The van der Waals surface area contributed by atoms with Crippen molar-refractivity contribution < 1.29 is 28.5 Å². The molecule has 1 heterocycles. The maximum absolute atomic E-state index is 12.7. The number of carbonyl (C=O) groups excluding carboxylic acids is 1. The smallest absolute Gasteiger partial charge is 0.174 e. The third kappa shape index (κ3) is 3.07. The molecule has 0 spiro atoms. The van der Waals surface area contributed by atoms with Gasteiger partial charge in [0.25, 0.3) is 0 Å². The molecule has 0 fully saturated rings. The van der Waals surface area contributed by atoms with Crippen LogP contribution >= 0.6 is 0 Å². The van der Waals surface area contributed by atoms with E-state index in [0.717, 1.165) is 5.56 Å². The van der Waals surface area contributed by atoms with E-state index in [-0.39, 0.29) is 12.2 Å². The predicted octanol–water partition coefficient (Wildman–Crippen LogP) is 3.43. The van der Waals surface area contributed by atoms with E-state index in [4.69, 9.17) is 23.7 Å². The molecule has 0 radical (unpaired) electrons. The summed E-state index contributed by atoms with van der Waals surface area (Å²) in [4.78, 5) is 12.7. The van der Waals surface area contributed by atoms with Crippen LogP contribution < -0.4 is 23.7 Å². The molecule has 0 aromatic heterocycles. The molecule has 0 bridgehead atoms. The fourth-order valence-corrected chi connectivity index (χ4v) is 2.94. The lowest BCUT2D eigenvalue weighted by molar-refractivity contribution is 0.0841. The summed E-state index contributed by atoms with van der Waals surface area (Å²) in [6.07, 6.45) is -0.268. The van der Waals surface area contributed by atoms with Crippen LogP contribution in [0, 0.1) is 0 Å². The summed E-state index contributed by atoms with van der Waals surface area (Å²) >= 11 is 0. The van der Waals surface area contributed by atoms with Crippen LogP contribution in [-0.2, 0) is 0 Å². The average molecular weight is 344 g/mol. The van der Waals surface area contributed by atoms with Gasteiger partial charge in [-0.25, -0.2) is 0 Å². The number of ether oxygens (including phenoxy) is 5. The molecular formula is C19H20O6. The number of methoxy groups -OCH3 is 4. The van der Waals surface area contributed by atoms with Crippen molar-refractivity contribution in [3.63, 3.8) is 0 Å². The maximum Gasteiger partial charge on any atom is 0.174 e. The standard InChI is InChI=1S/C19H20O6/c1-21-11-5-6-13(15(7-11)23-3)16-10-14(20)19-17(24-4)8-12(22-2)9-18(19)25-16/h5-9,16H,10H2,1-4H3. The highest BCUT2D eigenvalue weighted by Gasteiger charge is 2.32. The van der Waals surface area contributed by atoms with E-state index in [9.17, 15) is 4.79 Å². The van der Waals surface area contributed by atoms with Gasteiger partial charge in [-0.1, -0.05) is 0 Å². The van der Waals surface area contributed by atoms with Crippen LogP contribution in [0.3, 0.4) is 0 Å². The van der Waals surface area contributed by atoms with Crippen molar-refractivity contribution in [2.75, 3.05) is 28.4 Å². The zero-order chi connectivity index (χ0) is 18.0. The third-order valence-corrected chi connectivity index (χ3v) is 4.20. The van der Waals surface area contributed by atoms with Crippen LogP contribution in [0.25, 0.3) is 0 Å². The number of hydrogen-bond donors (Lipinski definition) is 0. The number of rotatable bonds is 5. The summed E-state index contributed by atoms with van der Waals surface area (Å²) in [5, 5.41) is 0. The summed E-state index contributed by atoms with van der Waals surface area (Å²) in [5.74, 6) is 2.67. The Kier molecular flexibility index (Phi) is 4.70. The molecule has 2 aromatic rings. The van der Waals surface area contributed by atoms with Crippen molar-refractivity contribution >= 4 is 5.78 Å². The number of fused-ring (bicyclic) bond motifs is 1. The van der Waals surface area contributed by atoms with E-state index in [0.29, 0.717) is 34.3 Å². The van der Waals surface area contributed by atoms with Crippen molar-refractivity contribution in [3.8, 4) is 28.7 Å². The fraction of sp³-hybridized carbons (Fsp3) is 0.316. The number of benzene rings is 2. The molecule has 1 aliphatic rings. The SMILES string of the molecule is COc1ccc(C2CC(=O)c3c(OC)cc(OC)cc3O2)c(OC)c1. The molecule has 2 aromatic carbocycles. The first-order valence-corrected chi connectivity index (χ1v) is 7.79. The molecule has 25 heavy (non-hydrogen) atoms. The van der Waals surface area contributed by atoms with E-state index >= 15 is 0 Å². The van der Waals surface area contributed by atoms with Gasteiger partial charge >= 0.3 is 0 Å².